The number of nitrogens with one attached hydrogen (secondary N) is 1. The van der Waals surface area contributed by atoms with Crippen LogP contribution in [0, 0.1) is 20.8 Å². The van der Waals surface area contributed by atoms with Crippen molar-refractivity contribution in [2.75, 3.05) is 11.9 Å². The molecule has 30 heavy (non-hydrogen) atoms. The fourth-order valence-corrected chi connectivity index (χ4v) is 4.30. The van der Waals surface area contributed by atoms with Crippen LogP contribution in [0.3, 0.4) is 0 Å². The highest BCUT2D eigenvalue weighted by atomic mass is 32.2. The third-order valence-corrected chi connectivity index (χ3v) is 5.93. The van der Waals surface area contributed by atoms with E-state index in [0.717, 1.165) is 44.6 Å². The van der Waals surface area contributed by atoms with Crippen molar-refractivity contribution in [1.29, 1.82) is 0 Å². The third kappa shape index (κ3) is 4.82. The molecule has 0 unspecified atom stereocenters. The predicted octanol–water partition coefficient (Wildman–Crippen LogP) is 5.41. The summed E-state index contributed by atoms with van der Waals surface area (Å²) in [5, 5.41) is 2.41. The molecule has 0 aliphatic carbocycles. The van der Waals surface area contributed by atoms with Crippen LogP contribution in [0.2, 0.25) is 0 Å². The van der Waals surface area contributed by atoms with E-state index in [-0.39, 0.29) is 6.54 Å². The molecule has 1 saturated heterocycles. The number of aryl methyl sites for hydroxylation is 3. The molecule has 5 nitrogen and oxygen atoms in total. The Morgan fingerprint density at radius 3 is 2.23 bits per heavy atom. The summed E-state index contributed by atoms with van der Waals surface area (Å²) in [5.41, 5.74) is 5.78. The Labute approximate surface area is 181 Å². The second-order valence-corrected chi connectivity index (χ2v) is 8.90. The van der Waals surface area contributed by atoms with Gasteiger partial charge in [-0.2, -0.15) is 0 Å². The zero-order valence-corrected chi connectivity index (χ0v) is 18.7. The van der Waals surface area contributed by atoms with Crippen LogP contribution in [-0.2, 0) is 9.59 Å². The molecule has 3 amide bonds. The van der Waals surface area contributed by atoms with E-state index in [1.54, 1.807) is 6.08 Å². The summed E-state index contributed by atoms with van der Waals surface area (Å²) in [6.07, 6.45) is 1.70. The van der Waals surface area contributed by atoms with E-state index in [1.807, 2.05) is 57.2 Å². The number of hydrogen-bond acceptors (Lipinski definition) is 4. The van der Waals surface area contributed by atoms with Crippen molar-refractivity contribution in [3.8, 4) is 0 Å². The van der Waals surface area contributed by atoms with E-state index in [2.05, 4.69) is 19.2 Å². The van der Waals surface area contributed by atoms with Crippen LogP contribution < -0.4 is 5.32 Å². The van der Waals surface area contributed by atoms with Crippen LogP contribution in [0.25, 0.3) is 6.08 Å². The Morgan fingerprint density at radius 2 is 1.67 bits per heavy atom. The van der Waals surface area contributed by atoms with Crippen LogP contribution in [-0.4, -0.2) is 28.5 Å². The highest BCUT2D eigenvalue weighted by Gasteiger charge is 2.36. The number of rotatable bonds is 5. The molecule has 1 aliphatic rings. The molecular weight excluding hydrogens is 396 g/mol. The first-order chi connectivity index (χ1) is 14.2. The van der Waals surface area contributed by atoms with Gasteiger partial charge in [0.05, 0.1) is 4.91 Å². The van der Waals surface area contributed by atoms with Crippen LogP contribution in [0.1, 0.15) is 47.6 Å². The van der Waals surface area contributed by atoms with Gasteiger partial charge >= 0.3 is 0 Å². The summed E-state index contributed by atoms with van der Waals surface area (Å²) in [7, 11) is 0. The largest absolute Gasteiger partial charge is 0.324 e. The number of nitrogens with zero attached hydrogens (tertiary/aromatic N) is 1. The average Bonchev–Trinajstić information content (AvgIpc) is 2.92. The average molecular weight is 423 g/mol. The lowest BCUT2D eigenvalue weighted by atomic mass is 10.0. The molecule has 0 bridgehead atoms. The van der Waals surface area contributed by atoms with E-state index >= 15 is 0 Å². The lowest BCUT2D eigenvalue weighted by molar-refractivity contribution is -0.127. The van der Waals surface area contributed by atoms with Gasteiger partial charge in [0, 0.05) is 5.69 Å². The first-order valence-corrected chi connectivity index (χ1v) is 10.7. The van der Waals surface area contributed by atoms with Gasteiger partial charge in [0.15, 0.2) is 0 Å². The Kier molecular flexibility index (Phi) is 6.46. The molecule has 2 aromatic carbocycles. The topological polar surface area (TPSA) is 66.5 Å². The Balaban J connectivity index is 1.71. The minimum atomic E-state index is -0.439. The number of benzene rings is 2. The fourth-order valence-electron chi connectivity index (χ4n) is 3.46. The van der Waals surface area contributed by atoms with Crippen molar-refractivity contribution in [1.82, 2.24) is 4.90 Å². The van der Waals surface area contributed by atoms with Gasteiger partial charge in [0.1, 0.15) is 6.54 Å². The standard InChI is InChI=1S/C24H26N2O3S/c1-14(2)19-8-6-18(7-9-19)12-20-23(28)26(24(29)30-20)13-21(27)25-22-16(4)10-15(3)11-17(22)5/h6-12,14H,13H2,1-5H3,(H,25,27)/b20-12+. The van der Waals surface area contributed by atoms with E-state index in [4.69, 9.17) is 0 Å². The Hall–Kier alpha value is -2.86. The highest BCUT2D eigenvalue weighted by Crippen LogP contribution is 2.32. The van der Waals surface area contributed by atoms with Crippen molar-refractivity contribution in [2.45, 2.75) is 40.5 Å². The van der Waals surface area contributed by atoms with Gasteiger partial charge in [-0.25, -0.2) is 0 Å². The summed E-state index contributed by atoms with van der Waals surface area (Å²) >= 11 is 0.862. The number of amides is 3. The number of carbonyl (C=O) groups excluding carboxylic acids is 3. The van der Waals surface area contributed by atoms with Gasteiger partial charge in [0.25, 0.3) is 11.1 Å². The van der Waals surface area contributed by atoms with Crippen LogP contribution >= 0.6 is 11.8 Å². The quantitative estimate of drug-likeness (QED) is 0.654. The molecule has 0 saturated carbocycles. The van der Waals surface area contributed by atoms with Gasteiger partial charge < -0.3 is 5.32 Å². The molecule has 0 aromatic heterocycles. The maximum Gasteiger partial charge on any atom is 0.294 e. The second kappa shape index (κ2) is 8.88. The SMILES string of the molecule is Cc1cc(C)c(NC(=O)CN2C(=O)S/C(=C/c3ccc(C(C)C)cc3)C2=O)c(C)c1. The summed E-state index contributed by atoms with van der Waals surface area (Å²) in [5.74, 6) is -0.411. The number of hydrogen-bond donors (Lipinski definition) is 1. The molecule has 2 aromatic rings. The number of anilines is 1. The molecule has 156 valence electrons. The molecule has 1 fully saturated rings. The molecule has 1 heterocycles. The monoisotopic (exact) mass is 422 g/mol. The van der Waals surface area contributed by atoms with E-state index < -0.39 is 17.1 Å². The number of thioether (sulfide) groups is 1. The normalized spacial score (nSPS) is 15.4. The third-order valence-electron chi connectivity index (χ3n) is 5.02. The predicted molar refractivity (Wildman–Crippen MR) is 122 cm³/mol. The molecule has 6 heteroatoms. The van der Waals surface area contributed by atoms with Gasteiger partial charge in [0.2, 0.25) is 5.91 Å². The summed E-state index contributed by atoms with van der Waals surface area (Å²) < 4.78 is 0. The van der Waals surface area contributed by atoms with Crippen LogP contribution in [0.5, 0.6) is 0 Å². The smallest absolute Gasteiger partial charge is 0.294 e. The zero-order valence-electron chi connectivity index (χ0n) is 17.9. The number of carbonyl (C=O) groups is 3. The first-order valence-electron chi connectivity index (χ1n) is 9.88. The van der Waals surface area contributed by atoms with Crippen molar-refractivity contribution in [3.63, 3.8) is 0 Å². The molecule has 1 aliphatic heterocycles. The summed E-state index contributed by atoms with van der Waals surface area (Å²) in [6, 6.07) is 11.9. The second-order valence-electron chi connectivity index (χ2n) is 7.91. The van der Waals surface area contributed by atoms with E-state index in [1.165, 1.54) is 5.56 Å². The minimum absolute atomic E-state index is 0.305. The summed E-state index contributed by atoms with van der Waals surface area (Å²) in [6.45, 7) is 9.76. The Morgan fingerprint density at radius 1 is 1.07 bits per heavy atom. The number of imide groups is 1. The molecule has 0 spiro atoms. The summed E-state index contributed by atoms with van der Waals surface area (Å²) in [4.78, 5) is 38.9. The Bertz CT molecular complexity index is 1020. The molecule has 0 radical (unpaired) electrons. The van der Waals surface area contributed by atoms with Crippen LogP contribution in [0.4, 0.5) is 10.5 Å². The van der Waals surface area contributed by atoms with Crippen molar-refractivity contribution in [3.05, 3.63) is 69.1 Å². The first kappa shape index (κ1) is 21.8. The van der Waals surface area contributed by atoms with Crippen LogP contribution in [0.15, 0.2) is 41.3 Å². The van der Waals surface area contributed by atoms with E-state index in [0.29, 0.717) is 10.8 Å². The highest BCUT2D eigenvalue weighted by molar-refractivity contribution is 8.18. The van der Waals surface area contributed by atoms with Gasteiger partial charge in [-0.15, -0.1) is 0 Å². The zero-order chi connectivity index (χ0) is 22.0. The van der Waals surface area contributed by atoms with Crippen molar-refractivity contribution in [2.24, 2.45) is 0 Å². The minimum Gasteiger partial charge on any atom is -0.324 e. The van der Waals surface area contributed by atoms with Gasteiger partial charge in [-0.1, -0.05) is 55.8 Å². The molecular formula is C24H26N2O3S. The molecule has 0 atom stereocenters. The van der Waals surface area contributed by atoms with Crippen molar-refractivity contribution < 1.29 is 14.4 Å². The lowest BCUT2D eigenvalue weighted by Gasteiger charge is -2.15. The maximum atomic E-state index is 12.7. The van der Waals surface area contributed by atoms with Gasteiger partial charge in [-0.05, 0) is 66.8 Å². The van der Waals surface area contributed by atoms with Gasteiger partial charge in [-0.3, -0.25) is 19.3 Å². The molecule has 1 N–H and O–H groups in total. The molecule has 3 rings (SSSR count). The lowest BCUT2D eigenvalue weighted by Crippen LogP contribution is -2.36. The fraction of sp³-hybridized carbons (Fsp3) is 0.292. The van der Waals surface area contributed by atoms with Crippen molar-refractivity contribution >= 4 is 40.6 Å². The van der Waals surface area contributed by atoms with E-state index in [9.17, 15) is 14.4 Å². The maximum absolute atomic E-state index is 12.7.